The minimum absolute atomic E-state index is 0.0992. The molecule has 0 saturated carbocycles. The van der Waals surface area contributed by atoms with Gasteiger partial charge in [0.1, 0.15) is 0 Å². The quantitative estimate of drug-likeness (QED) is 0.458. The van der Waals surface area contributed by atoms with Crippen LogP contribution in [0.5, 0.6) is 0 Å². The fourth-order valence-corrected chi connectivity index (χ4v) is 2.88. The summed E-state index contributed by atoms with van der Waals surface area (Å²) in [5, 5.41) is 4.53. The first-order valence-corrected chi connectivity index (χ1v) is 9.59. The Morgan fingerprint density at radius 3 is 2.07 bits per heavy atom. The summed E-state index contributed by atoms with van der Waals surface area (Å²) in [6.45, 7) is 0.631. The highest BCUT2D eigenvalue weighted by atomic mass is 35.5. The monoisotopic (exact) mass is 407 g/mol. The van der Waals surface area contributed by atoms with Crippen molar-refractivity contribution in [1.82, 2.24) is 5.32 Å². The lowest BCUT2D eigenvalue weighted by Crippen LogP contribution is -2.09. The Kier molecular flexibility index (Phi) is 7.07. The molecule has 0 aliphatic rings. The number of ketones is 1. The average molecular weight is 408 g/mol. The molecule has 4 heteroatoms. The van der Waals surface area contributed by atoms with Gasteiger partial charge in [-0.15, -0.1) is 0 Å². The van der Waals surface area contributed by atoms with Crippen LogP contribution < -0.4 is 5.32 Å². The average Bonchev–Trinajstić information content (AvgIpc) is 2.72. The molecule has 0 spiro atoms. The molecule has 0 saturated heterocycles. The third-order valence-electron chi connectivity index (χ3n) is 4.11. The maximum atomic E-state index is 12.9. The topological polar surface area (TPSA) is 29.1 Å². The molecule has 0 amide bonds. The van der Waals surface area contributed by atoms with Crippen LogP contribution in [-0.2, 0) is 11.3 Å². The molecule has 3 aromatic rings. The first-order chi connectivity index (χ1) is 13.6. The minimum atomic E-state index is -0.0992. The van der Waals surface area contributed by atoms with E-state index in [2.05, 4.69) is 5.32 Å². The lowest BCUT2D eigenvalue weighted by molar-refractivity contribution is -0.109. The van der Waals surface area contributed by atoms with Gasteiger partial charge >= 0.3 is 0 Å². The van der Waals surface area contributed by atoms with Crippen molar-refractivity contribution in [1.29, 1.82) is 0 Å². The summed E-state index contributed by atoms with van der Waals surface area (Å²) in [7, 11) is 0. The fourth-order valence-electron chi connectivity index (χ4n) is 2.63. The number of hydrogen-bond donors (Lipinski definition) is 1. The molecule has 0 atom stereocenters. The molecule has 0 aliphatic heterocycles. The number of rotatable bonds is 7. The summed E-state index contributed by atoms with van der Waals surface area (Å²) < 4.78 is 0. The van der Waals surface area contributed by atoms with Gasteiger partial charge in [-0.2, -0.15) is 0 Å². The van der Waals surface area contributed by atoms with Crippen LogP contribution in [0.2, 0.25) is 10.0 Å². The molecule has 0 fully saturated rings. The van der Waals surface area contributed by atoms with E-state index < -0.39 is 0 Å². The molecular formula is C24H19Cl2NO. The first kappa shape index (κ1) is 19.9. The Hall–Kier alpha value is -2.81. The van der Waals surface area contributed by atoms with Crippen LogP contribution in [0.3, 0.4) is 0 Å². The van der Waals surface area contributed by atoms with Crippen LogP contribution in [-0.4, -0.2) is 5.78 Å². The largest absolute Gasteiger partial charge is 0.386 e. The van der Waals surface area contributed by atoms with Gasteiger partial charge < -0.3 is 5.32 Å². The Labute approximate surface area is 175 Å². The standard InChI is InChI=1S/C24H19Cl2NO/c25-21-11-6-18(7-12-21)8-15-24(28)23(20-9-13-22(26)14-10-20)17-27-16-19-4-2-1-3-5-19/h1-15,17,27H,16H2/b15-8+,23-17+. The van der Waals surface area contributed by atoms with E-state index >= 15 is 0 Å². The Bertz CT molecular complexity index is 975. The third kappa shape index (κ3) is 5.85. The number of carbonyl (C=O) groups excluding carboxylic acids is 1. The zero-order chi connectivity index (χ0) is 19.8. The summed E-state index contributed by atoms with van der Waals surface area (Å²) >= 11 is 11.9. The second-order valence-corrected chi connectivity index (χ2v) is 7.05. The molecule has 28 heavy (non-hydrogen) atoms. The van der Waals surface area contributed by atoms with Gasteiger partial charge in [-0.25, -0.2) is 0 Å². The van der Waals surface area contributed by atoms with E-state index in [1.807, 2.05) is 54.6 Å². The number of nitrogens with one attached hydrogen (secondary N) is 1. The zero-order valence-electron chi connectivity index (χ0n) is 15.1. The molecule has 0 bridgehead atoms. The second kappa shape index (κ2) is 9.93. The van der Waals surface area contributed by atoms with Crippen molar-refractivity contribution < 1.29 is 4.79 Å². The lowest BCUT2D eigenvalue weighted by Gasteiger charge is -2.07. The van der Waals surface area contributed by atoms with Gasteiger partial charge in [-0.3, -0.25) is 4.79 Å². The highest BCUT2D eigenvalue weighted by Crippen LogP contribution is 2.19. The van der Waals surface area contributed by atoms with E-state index in [1.54, 1.807) is 42.6 Å². The summed E-state index contributed by atoms with van der Waals surface area (Å²) in [4.78, 5) is 12.9. The molecule has 0 heterocycles. The van der Waals surface area contributed by atoms with Gasteiger partial charge in [-0.1, -0.05) is 83.9 Å². The van der Waals surface area contributed by atoms with E-state index in [1.165, 1.54) is 0 Å². The van der Waals surface area contributed by atoms with Crippen molar-refractivity contribution in [3.05, 3.63) is 118 Å². The number of carbonyl (C=O) groups is 1. The molecular weight excluding hydrogens is 389 g/mol. The molecule has 0 aliphatic carbocycles. The predicted molar refractivity (Wildman–Crippen MR) is 118 cm³/mol. The van der Waals surface area contributed by atoms with E-state index in [4.69, 9.17) is 23.2 Å². The number of hydrogen-bond acceptors (Lipinski definition) is 2. The van der Waals surface area contributed by atoms with E-state index in [-0.39, 0.29) is 5.78 Å². The zero-order valence-corrected chi connectivity index (χ0v) is 16.6. The van der Waals surface area contributed by atoms with Gasteiger partial charge in [0.25, 0.3) is 0 Å². The molecule has 140 valence electrons. The van der Waals surface area contributed by atoms with Crippen molar-refractivity contribution in [2.75, 3.05) is 0 Å². The smallest absolute Gasteiger partial charge is 0.187 e. The van der Waals surface area contributed by atoms with Crippen molar-refractivity contribution >= 4 is 40.6 Å². The fraction of sp³-hybridized carbons (Fsp3) is 0.0417. The molecule has 3 aromatic carbocycles. The maximum absolute atomic E-state index is 12.9. The molecule has 2 nitrogen and oxygen atoms in total. The van der Waals surface area contributed by atoms with Crippen molar-refractivity contribution in [3.8, 4) is 0 Å². The van der Waals surface area contributed by atoms with Crippen molar-refractivity contribution in [2.24, 2.45) is 0 Å². The Balaban J connectivity index is 1.80. The van der Waals surface area contributed by atoms with Crippen molar-refractivity contribution in [2.45, 2.75) is 6.54 Å². The molecule has 1 N–H and O–H groups in total. The van der Waals surface area contributed by atoms with Crippen LogP contribution in [0.25, 0.3) is 11.6 Å². The van der Waals surface area contributed by atoms with Gasteiger partial charge in [-0.05, 0) is 47.0 Å². The van der Waals surface area contributed by atoms with Gasteiger partial charge in [0.05, 0.1) is 0 Å². The second-order valence-electron chi connectivity index (χ2n) is 6.18. The summed E-state index contributed by atoms with van der Waals surface area (Å²) in [6.07, 6.45) is 5.10. The molecule has 0 unspecified atom stereocenters. The minimum Gasteiger partial charge on any atom is -0.386 e. The highest BCUT2D eigenvalue weighted by molar-refractivity contribution is 6.31. The third-order valence-corrected chi connectivity index (χ3v) is 4.62. The van der Waals surface area contributed by atoms with Gasteiger partial charge in [0.2, 0.25) is 0 Å². The molecule has 3 rings (SSSR count). The summed E-state index contributed by atoms with van der Waals surface area (Å²) in [5.41, 5.74) is 3.41. The van der Waals surface area contributed by atoms with E-state index in [0.717, 1.165) is 16.7 Å². The van der Waals surface area contributed by atoms with Crippen LogP contribution in [0.1, 0.15) is 16.7 Å². The maximum Gasteiger partial charge on any atom is 0.187 e. The summed E-state index contributed by atoms with van der Waals surface area (Å²) in [5.74, 6) is -0.0992. The number of benzene rings is 3. The van der Waals surface area contributed by atoms with Crippen LogP contribution >= 0.6 is 23.2 Å². The summed E-state index contributed by atoms with van der Waals surface area (Å²) in [6, 6.07) is 24.6. The first-order valence-electron chi connectivity index (χ1n) is 8.83. The lowest BCUT2D eigenvalue weighted by atomic mass is 10.0. The number of halogens is 2. The van der Waals surface area contributed by atoms with E-state index in [0.29, 0.717) is 22.2 Å². The molecule has 0 radical (unpaired) electrons. The van der Waals surface area contributed by atoms with Crippen LogP contribution in [0.4, 0.5) is 0 Å². The number of allylic oxidation sites excluding steroid dienone is 2. The highest BCUT2D eigenvalue weighted by Gasteiger charge is 2.09. The Morgan fingerprint density at radius 2 is 1.43 bits per heavy atom. The molecule has 0 aromatic heterocycles. The van der Waals surface area contributed by atoms with Crippen LogP contribution in [0.15, 0.2) is 91.1 Å². The Morgan fingerprint density at radius 1 is 0.821 bits per heavy atom. The normalized spacial score (nSPS) is 11.6. The van der Waals surface area contributed by atoms with Crippen molar-refractivity contribution in [3.63, 3.8) is 0 Å². The SMILES string of the molecule is O=C(/C=C/c1ccc(Cl)cc1)/C(=C/NCc1ccccc1)c1ccc(Cl)cc1. The van der Waals surface area contributed by atoms with Crippen LogP contribution in [0, 0.1) is 0 Å². The van der Waals surface area contributed by atoms with E-state index in [9.17, 15) is 4.79 Å². The predicted octanol–water partition coefficient (Wildman–Crippen LogP) is 6.41. The van der Waals surface area contributed by atoms with Gasteiger partial charge in [0.15, 0.2) is 5.78 Å². The van der Waals surface area contributed by atoms with Gasteiger partial charge in [0, 0.05) is 28.4 Å².